The molecule has 1 aromatic rings. The van der Waals surface area contributed by atoms with Crippen LogP contribution in [0, 0.1) is 0 Å². The normalized spacial score (nSPS) is 12.1. The molecule has 7 heteroatoms. The Balaban J connectivity index is 3.29. The van der Waals surface area contributed by atoms with E-state index in [9.17, 15) is 9.36 Å². The molecule has 0 fully saturated rings. The number of anilines is 1. The van der Waals surface area contributed by atoms with Gasteiger partial charge in [0.1, 0.15) is 5.31 Å². The van der Waals surface area contributed by atoms with E-state index >= 15 is 0 Å². The van der Waals surface area contributed by atoms with Gasteiger partial charge in [-0.3, -0.25) is 4.57 Å². The highest BCUT2D eigenvalue weighted by molar-refractivity contribution is 7.60. The highest BCUT2D eigenvalue weighted by Gasteiger charge is 2.36. The number of ether oxygens (including phenoxy) is 1. The molecule has 0 radical (unpaired) electrons. The Morgan fingerprint density at radius 2 is 1.50 bits per heavy atom. The number of rotatable bonds is 11. The molecule has 0 aliphatic carbocycles. The number of hydrogen-bond donors (Lipinski definition) is 0. The average Bonchev–Trinajstić information content (AvgIpc) is 2.62. The molecular formula is C19H30NO5P. The van der Waals surface area contributed by atoms with Gasteiger partial charge >= 0.3 is 13.6 Å². The quantitative estimate of drug-likeness (QED) is 0.313. The minimum Gasteiger partial charge on any atom is -0.462 e. The molecule has 0 amide bonds. The zero-order chi connectivity index (χ0) is 19.6. The first-order chi connectivity index (χ1) is 12.4. The lowest BCUT2D eigenvalue weighted by molar-refractivity contribution is -0.137. The molecule has 0 N–H and O–H groups in total. The summed E-state index contributed by atoms with van der Waals surface area (Å²) in [5.41, 5.74) is 1.81. The van der Waals surface area contributed by atoms with Crippen LogP contribution >= 0.6 is 7.60 Å². The van der Waals surface area contributed by atoms with Gasteiger partial charge in [0.05, 0.1) is 19.8 Å². The van der Waals surface area contributed by atoms with Crippen LogP contribution in [0.3, 0.4) is 0 Å². The molecule has 0 spiro atoms. The molecule has 0 saturated heterocycles. The van der Waals surface area contributed by atoms with Crippen LogP contribution in [0.4, 0.5) is 5.69 Å². The van der Waals surface area contributed by atoms with Crippen molar-refractivity contribution in [2.45, 2.75) is 34.6 Å². The summed E-state index contributed by atoms with van der Waals surface area (Å²) >= 11 is 0. The molecule has 0 aliphatic rings. The van der Waals surface area contributed by atoms with Gasteiger partial charge in [0, 0.05) is 18.8 Å². The summed E-state index contributed by atoms with van der Waals surface area (Å²) in [5, 5.41) is -0.0846. The van der Waals surface area contributed by atoms with Crippen molar-refractivity contribution in [1.82, 2.24) is 0 Å². The maximum Gasteiger partial charge on any atom is 0.368 e. The van der Waals surface area contributed by atoms with Crippen LogP contribution < -0.4 is 4.90 Å². The van der Waals surface area contributed by atoms with Crippen molar-refractivity contribution in [1.29, 1.82) is 0 Å². The molecule has 0 heterocycles. The predicted molar refractivity (Wildman–Crippen MR) is 105 cm³/mol. The Bertz CT molecular complexity index is 628. The molecule has 0 aliphatic heterocycles. The summed E-state index contributed by atoms with van der Waals surface area (Å²) in [6.07, 6.45) is 1.52. The van der Waals surface area contributed by atoms with Gasteiger partial charge in [-0.15, -0.1) is 0 Å². The van der Waals surface area contributed by atoms with E-state index < -0.39 is 13.6 Å². The standard InChI is InChI=1S/C19H30NO5P/c1-6-20(7-2)17-13-11-16(12-14-17)15-18(19(21)23-8-3)26(22,24-9-4)25-10-5/h11-15H,6-10H2,1-5H3. The second kappa shape index (κ2) is 11.2. The first-order valence-corrected chi connectivity index (χ1v) is 10.6. The molecule has 1 aromatic carbocycles. The smallest absolute Gasteiger partial charge is 0.368 e. The molecule has 0 atom stereocenters. The van der Waals surface area contributed by atoms with E-state index in [0.29, 0.717) is 0 Å². The Kier molecular flexibility index (Phi) is 9.63. The van der Waals surface area contributed by atoms with E-state index in [0.717, 1.165) is 24.3 Å². The van der Waals surface area contributed by atoms with Gasteiger partial charge in [0.2, 0.25) is 0 Å². The lowest BCUT2D eigenvalue weighted by Gasteiger charge is -2.21. The molecule has 146 valence electrons. The van der Waals surface area contributed by atoms with Crippen LogP contribution in [0.25, 0.3) is 6.08 Å². The van der Waals surface area contributed by atoms with Crippen molar-refractivity contribution in [2.24, 2.45) is 0 Å². The maximum atomic E-state index is 13.1. The topological polar surface area (TPSA) is 65.1 Å². The third kappa shape index (κ3) is 5.97. The lowest BCUT2D eigenvalue weighted by atomic mass is 10.2. The molecule has 1 rings (SSSR count). The van der Waals surface area contributed by atoms with Crippen molar-refractivity contribution in [3.8, 4) is 0 Å². The van der Waals surface area contributed by atoms with Crippen LogP contribution in [0.5, 0.6) is 0 Å². The Labute approximate surface area is 156 Å². The first-order valence-electron chi connectivity index (χ1n) is 9.09. The second-order valence-corrected chi connectivity index (χ2v) is 7.34. The maximum absolute atomic E-state index is 13.1. The number of esters is 1. The van der Waals surface area contributed by atoms with Crippen LogP contribution in [0.15, 0.2) is 29.6 Å². The summed E-state index contributed by atoms with van der Waals surface area (Å²) in [7, 11) is -3.75. The molecule has 0 bridgehead atoms. The first kappa shape index (κ1) is 22.4. The summed E-state index contributed by atoms with van der Waals surface area (Å²) in [6, 6.07) is 7.67. The molecule has 0 aromatic heterocycles. The zero-order valence-electron chi connectivity index (χ0n) is 16.4. The van der Waals surface area contributed by atoms with E-state index in [1.54, 1.807) is 20.8 Å². The third-order valence-corrected chi connectivity index (χ3v) is 5.80. The minimum atomic E-state index is -3.75. The summed E-state index contributed by atoms with van der Waals surface area (Å²) in [4.78, 5) is 14.6. The number of carbonyl (C=O) groups is 1. The van der Waals surface area contributed by atoms with Gasteiger partial charge in [-0.25, -0.2) is 4.79 Å². The van der Waals surface area contributed by atoms with E-state index in [-0.39, 0.29) is 25.1 Å². The summed E-state index contributed by atoms with van der Waals surface area (Å²) in [6.45, 7) is 11.6. The van der Waals surface area contributed by atoms with Crippen molar-refractivity contribution < 1.29 is 23.1 Å². The Morgan fingerprint density at radius 3 is 1.92 bits per heavy atom. The van der Waals surface area contributed by atoms with Gasteiger partial charge in [0.15, 0.2) is 0 Å². The van der Waals surface area contributed by atoms with Crippen LogP contribution in [0.1, 0.15) is 40.2 Å². The molecule has 0 saturated carbocycles. The summed E-state index contributed by atoms with van der Waals surface area (Å²) < 4.78 is 28.8. The van der Waals surface area contributed by atoms with Crippen LogP contribution in [-0.4, -0.2) is 38.9 Å². The van der Waals surface area contributed by atoms with Crippen molar-refractivity contribution in [2.75, 3.05) is 37.8 Å². The molecule has 26 heavy (non-hydrogen) atoms. The molecule has 6 nitrogen and oxygen atoms in total. The minimum absolute atomic E-state index is 0.0846. The van der Waals surface area contributed by atoms with E-state index in [1.807, 2.05) is 24.3 Å². The van der Waals surface area contributed by atoms with Crippen molar-refractivity contribution in [3.63, 3.8) is 0 Å². The van der Waals surface area contributed by atoms with E-state index in [2.05, 4.69) is 18.7 Å². The van der Waals surface area contributed by atoms with Gasteiger partial charge in [-0.1, -0.05) is 12.1 Å². The molecular weight excluding hydrogens is 353 g/mol. The predicted octanol–water partition coefficient (Wildman–Crippen LogP) is 4.70. The van der Waals surface area contributed by atoms with Gasteiger partial charge in [-0.2, -0.15) is 0 Å². The number of benzene rings is 1. The third-order valence-electron chi connectivity index (χ3n) is 3.70. The number of nitrogens with zero attached hydrogens (tertiary/aromatic N) is 1. The van der Waals surface area contributed by atoms with Gasteiger partial charge in [0.25, 0.3) is 0 Å². The number of hydrogen-bond acceptors (Lipinski definition) is 6. The van der Waals surface area contributed by atoms with Crippen LogP contribution in [0.2, 0.25) is 0 Å². The summed E-state index contributed by atoms with van der Waals surface area (Å²) in [5.74, 6) is -0.689. The SMILES string of the molecule is CCOC(=O)C(=Cc1ccc(N(CC)CC)cc1)P(=O)(OCC)OCC. The van der Waals surface area contributed by atoms with E-state index in [4.69, 9.17) is 13.8 Å². The van der Waals surface area contributed by atoms with Gasteiger partial charge < -0.3 is 18.7 Å². The zero-order valence-corrected chi connectivity index (χ0v) is 17.3. The average molecular weight is 383 g/mol. The fourth-order valence-corrected chi connectivity index (χ4v) is 4.13. The van der Waals surface area contributed by atoms with Crippen molar-refractivity contribution >= 4 is 25.3 Å². The second-order valence-electron chi connectivity index (χ2n) is 5.35. The molecule has 0 unspecified atom stereocenters. The number of carbonyl (C=O) groups excluding carboxylic acids is 1. The largest absolute Gasteiger partial charge is 0.462 e. The fourth-order valence-electron chi connectivity index (χ4n) is 2.50. The van der Waals surface area contributed by atoms with Gasteiger partial charge in [-0.05, 0) is 58.4 Å². The Morgan fingerprint density at radius 1 is 0.962 bits per heavy atom. The highest BCUT2D eigenvalue weighted by atomic mass is 31.2. The fraction of sp³-hybridized carbons (Fsp3) is 0.526. The lowest BCUT2D eigenvalue weighted by Crippen LogP contribution is -2.21. The van der Waals surface area contributed by atoms with Crippen molar-refractivity contribution in [3.05, 3.63) is 35.1 Å². The van der Waals surface area contributed by atoms with Crippen LogP contribution in [-0.2, 0) is 23.1 Å². The highest BCUT2D eigenvalue weighted by Crippen LogP contribution is 2.57. The monoisotopic (exact) mass is 383 g/mol. The van der Waals surface area contributed by atoms with E-state index in [1.165, 1.54) is 6.08 Å². The Hall–Kier alpha value is -1.62.